The minimum Gasteiger partial charge on any atom is -0.351 e. The van der Waals surface area contributed by atoms with Crippen molar-refractivity contribution in [3.8, 4) is 0 Å². The lowest BCUT2D eigenvalue weighted by Gasteiger charge is -2.36. The van der Waals surface area contributed by atoms with Crippen molar-refractivity contribution in [3.05, 3.63) is 71.8 Å². The quantitative estimate of drug-likeness (QED) is 0.610. The van der Waals surface area contributed by atoms with Crippen molar-refractivity contribution in [3.63, 3.8) is 0 Å². The van der Waals surface area contributed by atoms with Crippen molar-refractivity contribution in [1.29, 1.82) is 0 Å². The molecule has 3 atom stereocenters. The number of piperidine rings is 1. The van der Waals surface area contributed by atoms with Gasteiger partial charge in [0.15, 0.2) is 0 Å². The molecular formula is C27H32ClN3O3. The van der Waals surface area contributed by atoms with E-state index < -0.39 is 5.38 Å². The fraction of sp³-hybridized carbons (Fsp3) is 0.444. The molecule has 2 aromatic carbocycles. The Morgan fingerprint density at radius 3 is 1.97 bits per heavy atom. The van der Waals surface area contributed by atoms with Crippen LogP contribution in [-0.4, -0.2) is 47.8 Å². The summed E-state index contributed by atoms with van der Waals surface area (Å²) in [5.74, 6) is -0.333. The van der Waals surface area contributed by atoms with Gasteiger partial charge in [-0.05, 0) is 43.4 Å². The molecule has 6 nitrogen and oxygen atoms in total. The van der Waals surface area contributed by atoms with E-state index in [0.29, 0.717) is 31.5 Å². The first-order valence-corrected chi connectivity index (χ1v) is 12.6. The molecule has 0 spiro atoms. The van der Waals surface area contributed by atoms with Crippen LogP contribution in [0.15, 0.2) is 60.7 Å². The molecule has 3 amide bonds. The second-order valence-corrected chi connectivity index (χ2v) is 9.65. The Morgan fingerprint density at radius 2 is 1.35 bits per heavy atom. The maximum absolute atomic E-state index is 13.0. The highest BCUT2D eigenvalue weighted by atomic mass is 35.5. The third-order valence-corrected chi connectivity index (χ3v) is 7.37. The van der Waals surface area contributed by atoms with E-state index in [1.54, 1.807) is 17.0 Å². The van der Waals surface area contributed by atoms with Gasteiger partial charge in [0, 0.05) is 36.7 Å². The summed E-state index contributed by atoms with van der Waals surface area (Å²) in [5, 5.41) is 5.62. The van der Waals surface area contributed by atoms with Gasteiger partial charge in [0.05, 0.1) is 0 Å². The Morgan fingerprint density at radius 1 is 0.794 bits per heavy atom. The zero-order chi connectivity index (χ0) is 23.9. The number of amides is 3. The van der Waals surface area contributed by atoms with Crippen LogP contribution in [0.1, 0.15) is 59.8 Å². The summed E-state index contributed by atoms with van der Waals surface area (Å²) in [6, 6.07) is 18.4. The van der Waals surface area contributed by atoms with Gasteiger partial charge in [-0.1, -0.05) is 61.4 Å². The molecule has 2 aromatic rings. The van der Waals surface area contributed by atoms with Crippen LogP contribution < -0.4 is 10.6 Å². The van der Waals surface area contributed by atoms with E-state index in [2.05, 4.69) is 10.6 Å². The average Bonchev–Trinajstić information content (AvgIpc) is 2.90. The number of halogens is 1. The van der Waals surface area contributed by atoms with Crippen LogP contribution in [-0.2, 0) is 9.59 Å². The highest BCUT2D eigenvalue weighted by Gasteiger charge is 2.33. The highest BCUT2D eigenvalue weighted by Crippen LogP contribution is 2.27. The second kappa shape index (κ2) is 11.5. The largest absolute Gasteiger partial charge is 0.351 e. The first-order valence-electron chi connectivity index (χ1n) is 12.2. The molecule has 1 aliphatic carbocycles. The van der Waals surface area contributed by atoms with Gasteiger partial charge in [0.2, 0.25) is 11.8 Å². The number of alkyl halides is 1. The Balaban J connectivity index is 1.28. The molecule has 1 saturated heterocycles. The average molecular weight is 482 g/mol. The van der Waals surface area contributed by atoms with Crippen LogP contribution in [0.3, 0.4) is 0 Å². The van der Waals surface area contributed by atoms with Crippen LogP contribution in [0.2, 0.25) is 0 Å². The van der Waals surface area contributed by atoms with E-state index >= 15 is 0 Å². The van der Waals surface area contributed by atoms with Gasteiger partial charge in [-0.3, -0.25) is 14.4 Å². The van der Waals surface area contributed by atoms with Crippen molar-refractivity contribution in [2.45, 2.75) is 56.0 Å². The molecule has 1 aliphatic heterocycles. The van der Waals surface area contributed by atoms with Crippen molar-refractivity contribution < 1.29 is 14.4 Å². The summed E-state index contributed by atoms with van der Waals surface area (Å²) in [4.78, 5) is 40.2. The van der Waals surface area contributed by atoms with Crippen molar-refractivity contribution in [1.82, 2.24) is 15.5 Å². The van der Waals surface area contributed by atoms with E-state index in [1.165, 1.54) is 0 Å². The molecule has 2 fully saturated rings. The maximum atomic E-state index is 13.0. The van der Waals surface area contributed by atoms with Gasteiger partial charge in [0.25, 0.3) is 5.91 Å². The molecule has 1 saturated carbocycles. The predicted molar refractivity (Wildman–Crippen MR) is 132 cm³/mol. The number of nitrogens with one attached hydrogen (secondary N) is 2. The lowest BCUT2D eigenvalue weighted by molar-refractivity contribution is -0.135. The molecule has 7 heteroatoms. The zero-order valence-corrected chi connectivity index (χ0v) is 20.0. The van der Waals surface area contributed by atoms with Crippen LogP contribution in [0, 0.1) is 5.92 Å². The number of nitrogens with zero attached hydrogens (tertiary/aromatic N) is 1. The molecule has 2 N–H and O–H groups in total. The lowest BCUT2D eigenvalue weighted by atomic mass is 9.88. The van der Waals surface area contributed by atoms with Gasteiger partial charge in [-0.2, -0.15) is 0 Å². The minimum atomic E-state index is -0.706. The predicted octanol–water partition coefficient (Wildman–Crippen LogP) is 4.06. The molecule has 0 aromatic heterocycles. The summed E-state index contributed by atoms with van der Waals surface area (Å²) >= 11 is 6.41. The van der Waals surface area contributed by atoms with Gasteiger partial charge in [-0.25, -0.2) is 0 Å². The number of likely N-dealkylation sites (tertiary alicyclic amines) is 1. The molecular weight excluding hydrogens is 450 g/mol. The molecule has 180 valence electrons. The van der Waals surface area contributed by atoms with E-state index in [9.17, 15) is 14.4 Å². The number of hydrogen-bond acceptors (Lipinski definition) is 3. The maximum Gasteiger partial charge on any atom is 0.251 e. The van der Waals surface area contributed by atoms with Crippen molar-refractivity contribution in [2.24, 2.45) is 5.92 Å². The first kappa shape index (κ1) is 24.3. The topological polar surface area (TPSA) is 78.5 Å². The fourth-order valence-electron chi connectivity index (χ4n) is 4.91. The third kappa shape index (κ3) is 5.98. The number of carbonyl (C=O) groups excluding carboxylic acids is 3. The Labute approximate surface area is 206 Å². The number of hydrogen-bond donors (Lipinski definition) is 2. The van der Waals surface area contributed by atoms with Gasteiger partial charge >= 0.3 is 0 Å². The highest BCUT2D eigenvalue weighted by molar-refractivity contribution is 6.30. The first-order chi connectivity index (χ1) is 16.5. The Kier molecular flexibility index (Phi) is 8.22. The third-order valence-electron chi connectivity index (χ3n) is 6.93. The second-order valence-electron chi connectivity index (χ2n) is 9.22. The molecule has 1 heterocycles. The fourth-order valence-corrected chi connectivity index (χ4v) is 5.19. The van der Waals surface area contributed by atoms with Gasteiger partial charge < -0.3 is 15.5 Å². The monoisotopic (exact) mass is 481 g/mol. The van der Waals surface area contributed by atoms with Crippen LogP contribution in [0.5, 0.6) is 0 Å². The number of rotatable bonds is 6. The lowest BCUT2D eigenvalue weighted by Crippen LogP contribution is -2.55. The number of carbonyl (C=O) groups is 3. The van der Waals surface area contributed by atoms with Crippen LogP contribution >= 0.6 is 11.6 Å². The van der Waals surface area contributed by atoms with Gasteiger partial charge in [0.1, 0.15) is 5.38 Å². The molecule has 0 unspecified atom stereocenters. The van der Waals surface area contributed by atoms with Crippen molar-refractivity contribution >= 4 is 29.3 Å². The van der Waals surface area contributed by atoms with Crippen LogP contribution in [0.4, 0.5) is 0 Å². The van der Waals surface area contributed by atoms with Gasteiger partial charge in [-0.15, -0.1) is 11.6 Å². The SMILES string of the molecule is O=C(N[C@@H]1CCCC[C@H]1NC(=O)C1CCN(C(=O)[C@H](Cl)c2ccccc2)CC1)c1ccccc1. The standard InChI is InChI=1S/C27H32ClN3O3/c28-24(19-9-3-1-4-10-19)27(34)31-17-15-21(16-18-31)26(33)30-23-14-8-7-13-22(23)29-25(32)20-11-5-2-6-12-20/h1-6,9-12,21-24H,7-8,13-18H2,(H,29,32)(H,30,33)/t22-,23-,24-/m1/s1. The van der Waals surface area contributed by atoms with E-state index in [1.807, 2.05) is 48.5 Å². The molecule has 0 radical (unpaired) electrons. The zero-order valence-electron chi connectivity index (χ0n) is 19.3. The van der Waals surface area contributed by atoms with E-state index in [0.717, 1.165) is 31.2 Å². The summed E-state index contributed by atoms with van der Waals surface area (Å²) in [7, 11) is 0. The summed E-state index contributed by atoms with van der Waals surface area (Å²) in [6.45, 7) is 1.04. The Bertz CT molecular complexity index is 977. The summed E-state index contributed by atoms with van der Waals surface area (Å²) < 4.78 is 0. The molecule has 34 heavy (non-hydrogen) atoms. The number of benzene rings is 2. The summed E-state index contributed by atoms with van der Waals surface area (Å²) in [6.07, 6.45) is 5.01. The van der Waals surface area contributed by atoms with Crippen molar-refractivity contribution in [2.75, 3.05) is 13.1 Å². The summed E-state index contributed by atoms with van der Waals surface area (Å²) in [5.41, 5.74) is 1.42. The smallest absolute Gasteiger partial charge is 0.251 e. The molecule has 4 rings (SSSR count). The minimum absolute atomic E-state index is 0.0171. The van der Waals surface area contributed by atoms with Crippen LogP contribution in [0.25, 0.3) is 0 Å². The Hall–Kier alpha value is -2.86. The van der Waals surface area contributed by atoms with E-state index in [-0.39, 0.29) is 35.7 Å². The molecule has 0 bridgehead atoms. The normalized spacial score (nSPS) is 22.0. The van der Waals surface area contributed by atoms with E-state index in [4.69, 9.17) is 11.6 Å². The molecule has 2 aliphatic rings.